The summed E-state index contributed by atoms with van der Waals surface area (Å²) in [6, 6.07) is 0. The minimum atomic E-state index is -4.23. The van der Waals surface area contributed by atoms with Gasteiger partial charge in [0, 0.05) is 0 Å². The Labute approximate surface area is 71.9 Å². The van der Waals surface area contributed by atoms with Gasteiger partial charge >= 0.3 is 5.51 Å². The molecule has 6 heteroatoms. The molecule has 0 saturated carbocycles. The van der Waals surface area contributed by atoms with Gasteiger partial charge < -0.3 is 5.32 Å². The van der Waals surface area contributed by atoms with Crippen LogP contribution in [0.3, 0.4) is 0 Å². The lowest BCUT2D eigenvalue weighted by Gasteiger charge is -1.99. The van der Waals surface area contributed by atoms with E-state index in [1.807, 2.05) is 0 Å². The highest BCUT2D eigenvalue weighted by Crippen LogP contribution is 2.29. The second kappa shape index (κ2) is 5.77. The van der Waals surface area contributed by atoms with Gasteiger partial charge in [0.15, 0.2) is 0 Å². The summed E-state index contributed by atoms with van der Waals surface area (Å²) in [6.07, 6.45) is 0.436. The fourth-order valence-electron chi connectivity index (χ4n) is 0.324. The number of nitrogens with one attached hydrogen (secondary N) is 1. The maximum atomic E-state index is 11.5. The van der Waals surface area contributed by atoms with Crippen LogP contribution in [0, 0.1) is 11.8 Å². The van der Waals surface area contributed by atoms with E-state index in [1.54, 1.807) is 0 Å². The Morgan fingerprint density at radius 2 is 2.08 bits per heavy atom. The molecule has 0 fully saturated rings. The maximum Gasteiger partial charge on any atom is 0.442 e. The van der Waals surface area contributed by atoms with Crippen LogP contribution in [0.15, 0.2) is 0 Å². The second-order valence-electron chi connectivity index (χ2n) is 1.59. The number of amides is 1. The standard InChI is InChI=1S/C6H6F3NOS/c7-6(8,9)12-4-2-1-3-10-5-11/h5H,3-4H2,(H,10,11). The van der Waals surface area contributed by atoms with E-state index in [-0.39, 0.29) is 24.1 Å². The Bertz CT molecular complexity index is 193. The SMILES string of the molecule is O=CNCC#CCSC(F)(F)F. The van der Waals surface area contributed by atoms with Crippen LogP contribution in [0.5, 0.6) is 0 Å². The third kappa shape index (κ3) is 9.17. The number of alkyl halides is 3. The van der Waals surface area contributed by atoms with Crippen molar-refractivity contribution in [3.05, 3.63) is 0 Å². The van der Waals surface area contributed by atoms with Gasteiger partial charge in [-0.2, -0.15) is 13.2 Å². The van der Waals surface area contributed by atoms with Gasteiger partial charge in [0.25, 0.3) is 0 Å². The monoisotopic (exact) mass is 197 g/mol. The molecule has 0 unspecified atom stereocenters. The Morgan fingerprint density at radius 1 is 1.42 bits per heavy atom. The van der Waals surface area contributed by atoms with Crippen LogP contribution >= 0.6 is 11.8 Å². The zero-order valence-corrected chi connectivity index (χ0v) is 6.76. The lowest BCUT2D eigenvalue weighted by Crippen LogP contribution is -2.09. The summed E-state index contributed by atoms with van der Waals surface area (Å²) >= 11 is -0.198. The summed E-state index contributed by atoms with van der Waals surface area (Å²) in [4.78, 5) is 9.63. The van der Waals surface area contributed by atoms with Crippen molar-refractivity contribution in [2.45, 2.75) is 5.51 Å². The normalized spacial score (nSPS) is 9.92. The minimum absolute atomic E-state index is 0.0852. The Balaban J connectivity index is 3.39. The Kier molecular flexibility index (Phi) is 5.37. The minimum Gasteiger partial charge on any atom is -0.348 e. The van der Waals surface area contributed by atoms with Gasteiger partial charge in [0.05, 0.1) is 12.3 Å². The molecule has 0 bridgehead atoms. The molecule has 0 aliphatic heterocycles. The van der Waals surface area contributed by atoms with Gasteiger partial charge in [-0.25, -0.2) is 0 Å². The van der Waals surface area contributed by atoms with E-state index in [0.717, 1.165) is 0 Å². The average molecular weight is 197 g/mol. The van der Waals surface area contributed by atoms with Gasteiger partial charge in [0.2, 0.25) is 6.41 Å². The number of carbonyl (C=O) groups is 1. The molecule has 0 spiro atoms. The number of hydrogen-bond donors (Lipinski definition) is 1. The summed E-state index contributed by atoms with van der Waals surface area (Å²) in [7, 11) is 0. The van der Waals surface area contributed by atoms with Gasteiger partial charge in [-0.15, -0.1) is 0 Å². The fourth-order valence-corrected chi connectivity index (χ4v) is 0.662. The van der Waals surface area contributed by atoms with E-state index in [0.29, 0.717) is 6.41 Å². The van der Waals surface area contributed by atoms with Crippen molar-refractivity contribution in [2.24, 2.45) is 0 Å². The first kappa shape index (κ1) is 11.2. The van der Waals surface area contributed by atoms with E-state index < -0.39 is 5.51 Å². The van der Waals surface area contributed by atoms with Crippen molar-refractivity contribution in [2.75, 3.05) is 12.3 Å². The summed E-state index contributed by atoms with van der Waals surface area (Å²) in [5.41, 5.74) is -4.23. The number of thioether (sulfide) groups is 1. The predicted molar refractivity (Wildman–Crippen MR) is 40.4 cm³/mol. The van der Waals surface area contributed by atoms with E-state index >= 15 is 0 Å². The number of rotatable bonds is 3. The van der Waals surface area contributed by atoms with Crippen LogP contribution in [-0.4, -0.2) is 24.2 Å². The molecule has 68 valence electrons. The number of carbonyl (C=O) groups excluding carboxylic acids is 1. The molecular formula is C6H6F3NOS. The van der Waals surface area contributed by atoms with Crippen LogP contribution in [0.2, 0.25) is 0 Å². The van der Waals surface area contributed by atoms with Crippen LogP contribution < -0.4 is 5.32 Å². The van der Waals surface area contributed by atoms with Crippen molar-refractivity contribution < 1.29 is 18.0 Å². The molecule has 0 aliphatic rings. The third-order valence-corrected chi connectivity index (χ3v) is 1.32. The zero-order chi connectivity index (χ0) is 9.45. The van der Waals surface area contributed by atoms with Gasteiger partial charge in [-0.3, -0.25) is 4.79 Å². The Hall–Kier alpha value is -0.830. The molecule has 12 heavy (non-hydrogen) atoms. The quantitative estimate of drug-likeness (QED) is 0.415. The third-order valence-electron chi connectivity index (χ3n) is 0.707. The smallest absolute Gasteiger partial charge is 0.348 e. The summed E-state index contributed by atoms with van der Waals surface area (Å²) in [5, 5.41) is 2.20. The van der Waals surface area contributed by atoms with Crippen molar-refractivity contribution in [3.63, 3.8) is 0 Å². The molecule has 0 heterocycles. The number of halogens is 3. The maximum absolute atomic E-state index is 11.5. The molecule has 0 aromatic rings. The molecule has 0 radical (unpaired) electrons. The van der Waals surface area contributed by atoms with Crippen LogP contribution in [-0.2, 0) is 4.79 Å². The number of hydrogen-bond acceptors (Lipinski definition) is 2. The highest BCUT2D eigenvalue weighted by Gasteiger charge is 2.26. The molecule has 0 aromatic carbocycles. The van der Waals surface area contributed by atoms with Gasteiger partial charge in [-0.1, -0.05) is 11.8 Å². The van der Waals surface area contributed by atoms with Gasteiger partial charge in [-0.05, 0) is 11.8 Å². The predicted octanol–water partition coefficient (Wildman–Crippen LogP) is 0.989. The largest absolute Gasteiger partial charge is 0.442 e. The van der Waals surface area contributed by atoms with E-state index in [9.17, 15) is 18.0 Å². The fraction of sp³-hybridized carbons (Fsp3) is 0.500. The molecular weight excluding hydrogens is 191 g/mol. The van der Waals surface area contributed by atoms with Crippen LogP contribution in [0.25, 0.3) is 0 Å². The lowest BCUT2D eigenvalue weighted by atomic mass is 10.6. The molecule has 0 aliphatic carbocycles. The molecule has 0 atom stereocenters. The van der Waals surface area contributed by atoms with Crippen molar-refractivity contribution in [1.82, 2.24) is 5.32 Å². The topological polar surface area (TPSA) is 29.1 Å². The van der Waals surface area contributed by atoms with Crippen LogP contribution in [0.4, 0.5) is 13.2 Å². The van der Waals surface area contributed by atoms with Gasteiger partial charge in [0.1, 0.15) is 0 Å². The highest BCUT2D eigenvalue weighted by atomic mass is 32.2. The second-order valence-corrected chi connectivity index (χ2v) is 2.63. The molecule has 0 saturated heterocycles. The Morgan fingerprint density at radius 3 is 2.58 bits per heavy atom. The van der Waals surface area contributed by atoms with Crippen molar-refractivity contribution >= 4 is 18.2 Å². The van der Waals surface area contributed by atoms with E-state index in [2.05, 4.69) is 17.2 Å². The zero-order valence-electron chi connectivity index (χ0n) is 5.94. The first-order valence-electron chi connectivity index (χ1n) is 2.89. The lowest BCUT2D eigenvalue weighted by molar-refractivity contribution is -0.109. The molecule has 2 nitrogen and oxygen atoms in total. The van der Waals surface area contributed by atoms with E-state index in [4.69, 9.17) is 0 Å². The molecule has 1 amide bonds. The van der Waals surface area contributed by atoms with Crippen LogP contribution in [0.1, 0.15) is 0 Å². The summed E-state index contributed by atoms with van der Waals surface area (Å²) < 4.78 is 34.4. The van der Waals surface area contributed by atoms with Crippen molar-refractivity contribution in [1.29, 1.82) is 0 Å². The first-order valence-corrected chi connectivity index (χ1v) is 3.88. The first-order chi connectivity index (χ1) is 5.56. The highest BCUT2D eigenvalue weighted by molar-refractivity contribution is 8.00. The molecule has 0 rings (SSSR count). The van der Waals surface area contributed by atoms with Crippen molar-refractivity contribution in [3.8, 4) is 11.8 Å². The van der Waals surface area contributed by atoms with E-state index in [1.165, 1.54) is 0 Å². The summed E-state index contributed by atoms with van der Waals surface area (Å²) in [5.74, 6) is 4.29. The molecule has 0 aromatic heterocycles. The summed E-state index contributed by atoms with van der Waals surface area (Å²) in [6.45, 7) is 0.0852. The molecule has 1 N–H and O–H groups in total. The average Bonchev–Trinajstić information content (AvgIpc) is 1.94.